The molecular formula is C14H14Cl2N2O4S. The second-order valence-corrected chi connectivity index (χ2v) is 7.78. The summed E-state index contributed by atoms with van der Waals surface area (Å²) in [6.45, 7) is 3.30. The Hall–Kier alpha value is -1.57. The molecule has 0 N–H and O–H groups in total. The lowest BCUT2D eigenvalue weighted by Gasteiger charge is -2.15. The third kappa shape index (κ3) is 3.52. The van der Waals surface area contributed by atoms with Gasteiger partial charge in [-0.2, -0.15) is 5.10 Å². The third-order valence-electron chi connectivity index (χ3n) is 3.11. The van der Waals surface area contributed by atoms with Crippen molar-refractivity contribution in [2.75, 3.05) is 6.26 Å². The standard InChI is InChI=1S/C14H14Cl2N2O4S/c1-7-5-9(14(16)19)11(15)12(13(7)23(4,20)21)22-10-6-8(2)17-18(10)3/h5-6H,1-4H3. The number of hydrogen-bond acceptors (Lipinski definition) is 5. The van der Waals surface area contributed by atoms with Gasteiger partial charge in [-0.05, 0) is 37.1 Å². The zero-order valence-electron chi connectivity index (χ0n) is 12.8. The minimum Gasteiger partial charge on any atom is -0.436 e. The van der Waals surface area contributed by atoms with Crippen LogP contribution in [-0.4, -0.2) is 29.7 Å². The molecule has 1 aromatic carbocycles. The Morgan fingerprint density at radius 3 is 2.35 bits per heavy atom. The molecule has 23 heavy (non-hydrogen) atoms. The summed E-state index contributed by atoms with van der Waals surface area (Å²) in [5.74, 6) is 0.147. The minimum atomic E-state index is -3.65. The molecule has 1 heterocycles. The van der Waals surface area contributed by atoms with Crippen LogP contribution in [0.3, 0.4) is 0 Å². The van der Waals surface area contributed by atoms with Gasteiger partial charge in [-0.3, -0.25) is 4.79 Å². The van der Waals surface area contributed by atoms with Gasteiger partial charge >= 0.3 is 0 Å². The number of aryl methyl sites for hydroxylation is 3. The van der Waals surface area contributed by atoms with Crippen molar-refractivity contribution in [3.8, 4) is 11.6 Å². The Morgan fingerprint density at radius 2 is 1.91 bits per heavy atom. The number of carbonyl (C=O) groups excluding carboxylic acids is 1. The first-order valence-electron chi connectivity index (χ1n) is 6.44. The number of rotatable bonds is 4. The predicted molar refractivity (Wildman–Crippen MR) is 87.5 cm³/mol. The van der Waals surface area contributed by atoms with Crippen LogP contribution in [0.4, 0.5) is 0 Å². The van der Waals surface area contributed by atoms with Crippen LogP contribution in [0, 0.1) is 13.8 Å². The van der Waals surface area contributed by atoms with Gasteiger partial charge in [-0.25, -0.2) is 13.1 Å². The van der Waals surface area contributed by atoms with Crippen molar-refractivity contribution in [2.45, 2.75) is 18.7 Å². The topological polar surface area (TPSA) is 78.3 Å². The highest BCUT2D eigenvalue weighted by atomic mass is 35.5. The van der Waals surface area contributed by atoms with Crippen molar-refractivity contribution < 1.29 is 17.9 Å². The van der Waals surface area contributed by atoms with Crippen LogP contribution in [0.2, 0.25) is 5.02 Å². The lowest BCUT2D eigenvalue weighted by molar-refractivity contribution is 0.108. The molecule has 0 bridgehead atoms. The minimum absolute atomic E-state index is 0.0212. The largest absolute Gasteiger partial charge is 0.436 e. The van der Waals surface area contributed by atoms with Gasteiger partial charge in [0.25, 0.3) is 5.24 Å². The van der Waals surface area contributed by atoms with Gasteiger partial charge in [0.05, 0.1) is 16.3 Å². The van der Waals surface area contributed by atoms with Crippen LogP contribution in [0.15, 0.2) is 17.0 Å². The summed E-state index contributed by atoms with van der Waals surface area (Å²) in [6.07, 6.45) is 1.04. The monoisotopic (exact) mass is 376 g/mol. The molecule has 0 amide bonds. The molecule has 0 aliphatic heterocycles. The van der Waals surface area contributed by atoms with Crippen molar-refractivity contribution in [2.24, 2.45) is 7.05 Å². The van der Waals surface area contributed by atoms with Crippen molar-refractivity contribution in [3.05, 3.63) is 34.0 Å². The van der Waals surface area contributed by atoms with E-state index in [0.717, 1.165) is 6.26 Å². The summed E-state index contributed by atoms with van der Waals surface area (Å²) in [5, 5.41) is 3.16. The predicted octanol–water partition coefficient (Wildman–Crippen LogP) is 3.27. The van der Waals surface area contributed by atoms with E-state index >= 15 is 0 Å². The molecule has 0 atom stereocenters. The molecule has 0 saturated heterocycles. The number of sulfone groups is 1. The Kier molecular flexibility index (Phi) is 4.75. The first-order valence-corrected chi connectivity index (χ1v) is 9.08. The summed E-state index contributed by atoms with van der Waals surface area (Å²) in [5.41, 5.74) is 0.975. The van der Waals surface area contributed by atoms with E-state index in [9.17, 15) is 13.2 Å². The van der Waals surface area contributed by atoms with Crippen LogP contribution in [0.1, 0.15) is 21.6 Å². The smallest absolute Gasteiger partial charge is 0.254 e. The molecular weight excluding hydrogens is 363 g/mol. The Bertz CT molecular complexity index is 904. The number of nitrogens with zero attached hydrogens (tertiary/aromatic N) is 2. The molecule has 0 aliphatic carbocycles. The van der Waals surface area contributed by atoms with E-state index in [4.69, 9.17) is 27.9 Å². The van der Waals surface area contributed by atoms with Crippen LogP contribution in [-0.2, 0) is 16.9 Å². The highest BCUT2D eigenvalue weighted by Gasteiger charge is 2.26. The lowest BCUT2D eigenvalue weighted by atomic mass is 10.1. The quantitative estimate of drug-likeness (QED) is 0.765. The maximum absolute atomic E-state index is 12.1. The second-order valence-electron chi connectivity index (χ2n) is 5.11. The van der Waals surface area contributed by atoms with E-state index in [2.05, 4.69) is 5.10 Å². The van der Waals surface area contributed by atoms with E-state index in [1.165, 1.54) is 17.7 Å². The molecule has 0 unspecified atom stereocenters. The summed E-state index contributed by atoms with van der Waals surface area (Å²) in [6, 6.07) is 2.95. The molecule has 9 heteroatoms. The maximum Gasteiger partial charge on any atom is 0.254 e. The highest BCUT2D eigenvalue weighted by molar-refractivity contribution is 7.90. The number of aromatic nitrogens is 2. The van der Waals surface area contributed by atoms with E-state index in [1.807, 2.05) is 0 Å². The lowest BCUT2D eigenvalue weighted by Crippen LogP contribution is -2.07. The van der Waals surface area contributed by atoms with Crippen LogP contribution in [0.5, 0.6) is 11.6 Å². The zero-order chi connectivity index (χ0) is 17.5. The van der Waals surface area contributed by atoms with Gasteiger partial charge in [0.2, 0.25) is 5.88 Å². The fraction of sp³-hybridized carbons (Fsp3) is 0.286. The number of ether oxygens (including phenoxy) is 1. The van der Waals surface area contributed by atoms with Crippen LogP contribution >= 0.6 is 23.2 Å². The number of carbonyl (C=O) groups is 1. The summed E-state index contributed by atoms with van der Waals surface area (Å²) in [7, 11) is -2.01. The summed E-state index contributed by atoms with van der Waals surface area (Å²) < 4.78 is 31.3. The van der Waals surface area contributed by atoms with Crippen molar-refractivity contribution in [1.82, 2.24) is 9.78 Å². The molecule has 6 nitrogen and oxygen atoms in total. The summed E-state index contributed by atoms with van der Waals surface area (Å²) in [4.78, 5) is 11.4. The first kappa shape index (κ1) is 17.8. The zero-order valence-corrected chi connectivity index (χ0v) is 15.2. The Balaban J connectivity index is 2.77. The Morgan fingerprint density at radius 1 is 1.30 bits per heavy atom. The third-order valence-corrected chi connectivity index (χ3v) is 4.94. The number of halogens is 2. The van der Waals surface area contributed by atoms with E-state index in [-0.39, 0.29) is 27.1 Å². The number of benzene rings is 1. The van der Waals surface area contributed by atoms with Gasteiger partial charge in [0.1, 0.15) is 4.90 Å². The van der Waals surface area contributed by atoms with Crippen molar-refractivity contribution in [3.63, 3.8) is 0 Å². The molecule has 1 aromatic heterocycles. The van der Waals surface area contributed by atoms with Gasteiger partial charge in [-0.15, -0.1) is 0 Å². The molecule has 0 saturated carbocycles. The molecule has 0 fully saturated rings. The van der Waals surface area contributed by atoms with E-state index in [1.54, 1.807) is 20.0 Å². The normalized spacial score (nSPS) is 11.6. The molecule has 2 rings (SSSR count). The number of hydrogen-bond donors (Lipinski definition) is 0. The average molecular weight is 377 g/mol. The maximum atomic E-state index is 12.1. The van der Waals surface area contributed by atoms with Crippen LogP contribution in [0.25, 0.3) is 0 Å². The first-order chi connectivity index (χ1) is 10.5. The Labute approximate surface area is 143 Å². The highest BCUT2D eigenvalue weighted by Crippen LogP contribution is 2.40. The van der Waals surface area contributed by atoms with Crippen molar-refractivity contribution in [1.29, 1.82) is 0 Å². The van der Waals surface area contributed by atoms with Gasteiger partial charge < -0.3 is 4.74 Å². The van der Waals surface area contributed by atoms with Crippen LogP contribution < -0.4 is 4.74 Å². The SMILES string of the molecule is Cc1cc(Oc2c(Cl)c(C(=O)Cl)cc(C)c2S(C)(=O)=O)n(C)n1. The second kappa shape index (κ2) is 6.14. The molecule has 124 valence electrons. The molecule has 2 aromatic rings. The molecule has 0 radical (unpaired) electrons. The average Bonchev–Trinajstić information content (AvgIpc) is 2.69. The van der Waals surface area contributed by atoms with E-state index < -0.39 is 15.1 Å². The van der Waals surface area contributed by atoms with Crippen molar-refractivity contribution >= 4 is 38.3 Å². The van der Waals surface area contributed by atoms with Gasteiger partial charge in [-0.1, -0.05) is 11.6 Å². The fourth-order valence-corrected chi connectivity index (χ4v) is 3.88. The van der Waals surface area contributed by atoms with E-state index in [0.29, 0.717) is 11.3 Å². The van der Waals surface area contributed by atoms with Gasteiger partial charge in [0.15, 0.2) is 15.6 Å². The molecule has 0 aliphatic rings. The van der Waals surface area contributed by atoms with Gasteiger partial charge in [0, 0.05) is 19.4 Å². The fourth-order valence-electron chi connectivity index (χ4n) is 2.23. The molecule has 0 spiro atoms. The summed E-state index contributed by atoms with van der Waals surface area (Å²) >= 11 is 11.7.